The molecular formula is C23H18F2N2O3S. The van der Waals surface area contributed by atoms with Gasteiger partial charge in [0.15, 0.2) is 0 Å². The Morgan fingerprint density at radius 1 is 1.16 bits per heavy atom. The molecule has 0 saturated carbocycles. The van der Waals surface area contributed by atoms with Crippen molar-refractivity contribution in [3.05, 3.63) is 94.9 Å². The molecule has 0 saturated heterocycles. The molecule has 8 heteroatoms. The van der Waals surface area contributed by atoms with Gasteiger partial charge in [-0.15, -0.1) is 11.3 Å². The van der Waals surface area contributed by atoms with E-state index < -0.39 is 11.6 Å². The molecule has 0 spiro atoms. The van der Waals surface area contributed by atoms with Crippen LogP contribution < -0.4 is 4.74 Å². The van der Waals surface area contributed by atoms with E-state index in [0.29, 0.717) is 28.8 Å². The molecule has 158 valence electrons. The monoisotopic (exact) mass is 440 g/mol. The second-order valence-corrected chi connectivity index (χ2v) is 7.69. The van der Waals surface area contributed by atoms with E-state index in [1.54, 1.807) is 41.8 Å². The molecule has 2 heterocycles. The number of carbonyl (C=O) groups excluding carboxylic acids is 1. The molecule has 1 amide bonds. The van der Waals surface area contributed by atoms with Gasteiger partial charge in [0.25, 0.3) is 5.91 Å². The SMILES string of the molecule is CN(Cc1ccco1)C(=O)c1csc(-c2ccc(OCc3ccc(F)cc3F)cc2)n1. The summed E-state index contributed by atoms with van der Waals surface area (Å²) in [6.45, 7) is 0.350. The number of furan rings is 1. The van der Waals surface area contributed by atoms with E-state index in [4.69, 9.17) is 9.15 Å². The molecule has 0 unspecified atom stereocenters. The van der Waals surface area contributed by atoms with E-state index in [2.05, 4.69) is 4.98 Å². The lowest BCUT2D eigenvalue weighted by atomic mass is 10.2. The number of rotatable bonds is 7. The first kappa shape index (κ1) is 20.7. The quantitative estimate of drug-likeness (QED) is 0.379. The first-order valence-electron chi connectivity index (χ1n) is 9.40. The molecule has 5 nitrogen and oxygen atoms in total. The summed E-state index contributed by atoms with van der Waals surface area (Å²) in [7, 11) is 1.69. The number of nitrogens with zero attached hydrogens (tertiary/aromatic N) is 2. The van der Waals surface area contributed by atoms with Crippen LogP contribution >= 0.6 is 11.3 Å². The zero-order valence-corrected chi connectivity index (χ0v) is 17.4. The maximum atomic E-state index is 13.7. The molecule has 0 fully saturated rings. The van der Waals surface area contributed by atoms with Gasteiger partial charge in [-0.2, -0.15) is 0 Å². The number of amides is 1. The van der Waals surface area contributed by atoms with Gasteiger partial charge in [-0.3, -0.25) is 4.79 Å². The van der Waals surface area contributed by atoms with Crippen molar-refractivity contribution in [2.75, 3.05) is 7.05 Å². The van der Waals surface area contributed by atoms with Gasteiger partial charge in [0.2, 0.25) is 0 Å². The molecular weight excluding hydrogens is 422 g/mol. The minimum Gasteiger partial charge on any atom is -0.489 e. The van der Waals surface area contributed by atoms with Crippen LogP contribution in [0, 0.1) is 11.6 Å². The third kappa shape index (κ3) is 4.97. The average molecular weight is 440 g/mol. The van der Waals surface area contributed by atoms with Crippen molar-refractivity contribution in [1.29, 1.82) is 0 Å². The molecule has 4 aromatic rings. The predicted octanol–water partition coefficient (Wildman–Crippen LogP) is 5.53. The van der Waals surface area contributed by atoms with Gasteiger partial charge in [-0.25, -0.2) is 13.8 Å². The van der Waals surface area contributed by atoms with E-state index >= 15 is 0 Å². The van der Waals surface area contributed by atoms with Crippen LogP contribution in [0.15, 0.2) is 70.7 Å². The van der Waals surface area contributed by atoms with E-state index in [1.165, 1.54) is 23.5 Å². The van der Waals surface area contributed by atoms with Crippen LogP contribution in [0.4, 0.5) is 8.78 Å². The fourth-order valence-corrected chi connectivity index (χ4v) is 3.70. The summed E-state index contributed by atoms with van der Waals surface area (Å²) in [6, 6.07) is 14.1. The smallest absolute Gasteiger partial charge is 0.273 e. The van der Waals surface area contributed by atoms with Gasteiger partial charge in [-0.05, 0) is 48.5 Å². The zero-order chi connectivity index (χ0) is 21.8. The topological polar surface area (TPSA) is 55.6 Å². The minimum absolute atomic E-state index is 0.0106. The van der Waals surface area contributed by atoms with Crippen LogP contribution in [-0.2, 0) is 13.2 Å². The zero-order valence-electron chi connectivity index (χ0n) is 16.5. The highest BCUT2D eigenvalue weighted by Gasteiger charge is 2.17. The molecule has 2 aromatic heterocycles. The normalized spacial score (nSPS) is 10.8. The highest BCUT2D eigenvalue weighted by atomic mass is 32.1. The number of thiazole rings is 1. The van der Waals surface area contributed by atoms with Crippen molar-refractivity contribution >= 4 is 17.2 Å². The van der Waals surface area contributed by atoms with E-state index in [0.717, 1.165) is 11.6 Å². The second kappa shape index (κ2) is 9.09. The molecule has 0 N–H and O–H groups in total. The van der Waals surface area contributed by atoms with E-state index in [-0.39, 0.29) is 18.1 Å². The number of benzene rings is 2. The Morgan fingerprint density at radius 3 is 2.68 bits per heavy atom. The first-order chi connectivity index (χ1) is 15.0. The lowest BCUT2D eigenvalue weighted by molar-refractivity contribution is 0.0770. The van der Waals surface area contributed by atoms with Gasteiger partial charge in [-0.1, -0.05) is 0 Å². The summed E-state index contributed by atoms with van der Waals surface area (Å²) in [5.41, 5.74) is 1.46. The van der Waals surface area contributed by atoms with Crippen molar-refractivity contribution in [1.82, 2.24) is 9.88 Å². The van der Waals surface area contributed by atoms with Gasteiger partial charge in [0, 0.05) is 29.6 Å². The number of hydrogen-bond donors (Lipinski definition) is 0. The molecule has 0 aliphatic heterocycles. The summed E-state index contributed by atoms with van der Waals surface area (Å²) >= 11 is 1.37. The van der Waals surface area contributed by atoms with Gasteiger partial charge >= 0.3 is 0 Å². The Bertz CT molecular complexity index is 1170. The Kier molecular flexibility index (Phi) is 6.08. The van der Waals surface area contributed by atoms with Crippen LogP contribution in [0.1, 0.15) is 21.8 Å². The average Bonchev–Trinajstić information content (AvgIpc) is 3.45. The molecule has 2 aromatic carbocycles. The maximum Gasteiger partial charge on any atom is 0.273 e. The highest BCUT2D eigenvalue weighted by molar-refractivity contribution is 7.13. The van der Waals surface area contributed by atoms with Crippen LogP contribution in [0.3, 0.4) is 0 Å². The minimum atomic E-state index is -0.645. The largest absolute Gasteiger partial charge is 0.489 e. The fraction of sp³-hybridized carbons (Fsp3) is 0.130. The molecule has 0 atom stereocenters. The number of aromatic nitrogens is 1. The van der Waals surface area contributed by atoms with Crippen molar-refractivity contribution in [3.8, 4) is 16.3 Å². The van der Waals surface area contributed by atoms with E-state index in [9.17, 15) is 13.6 Å². The Hall–Kier alpha value is -3.52. The fourth-order valence-electron chi connectivity index (χ4n) is 2.90. The third-order valence-electron chi connectivity index (χ3n) is 4.55. The first-order valence-corrected chi connectivity index (χ1v) is 10.3. The standard InChI is InChI=1S/C23H18F2N2O3S/c1-27(12-19-3-2-10-29-19)23(28)21-14-31-22(26-21)15-5-8-18(9-6-15)30-13-16-4-7-17(24)11-20(16)25/h2-11,14H,12-13H2,1H3. The molecule has 0 radical (unpaired) electrons. The lowest BCUT2D eigenvalue weighted by Crippen LogP contribution is -2.26. The van der Waals surface area contributed by atoms with Gasteiger partial charge in [0.1, 0.15) is 40.5 Å². The number of carbonyl (C=O) groups is 1. The molecule has 0 bridgehead atoms. The van der Waals surface area contributed by atoms with Crippen LogP contribution in [0.25, 0.3) is 10.6 Å². The highest BCUT2D eigenvalue weighted by Crippen LogP contribution is 2.27. The lowest BCUT2D eigenvalue weighted by Gasteiger charge is -2.13. The summed E-state index contributed by atoms with van der Waals surface area (Å²) in [5, 5.41) is 2.42. The summed E-state index contributed by atoms with van der Waals surface area (Å²) in [6.07, 6.45) is 1.57. The molecule has 0 aliphatic rings. The molecule has 0 aliphatic carbocycles. The van der Waals surface area contributed by atoms with Crippen LogP contribution in [0.5, 0.6) is 5.75 Å². The Morgan fingerprint density at radius 2 is 1.97 bits per heavy atom. The van der Waals surface area contributed by atoms with Crippen molar-refractivity contribution < 1.29 is 22.7 Å². The number of halogens is 2. The molecule has 31 heavy (non-hydrogen) atoms. The third-order valence-corrected chi connectivity index (χ3v) is 5.45. The van der Waals surface area contributed by atoms with E-state index in [1.807, 2.05) is 18.2 Å². The summed E-state index contributed by atoms with van der Waals surface area (Å²) < 4.78 is 37.5. The Labute approximate surface area is 181 Å². The summed E-state index contributed by atoms with van der Waals surface area (Å²) in [5.74, 6) is -0.228. The van der Waals surface area contributed by atoms with Gasteiger partial charge in [0.05, 0.1) is 12.8 Å². The van der Waals surface area contributed by atoms with Crippen LogP contribution in [0.2, 0.25) is 0 Å². The van der Waals surface area contributed by atoms with Gasteiger partial charge < -0.3 is 14.1 Å². The molecule has 4 rings (SSSR count). The second-order valence-electron chi connectivity index (χ2n) is 6.83. The predicted molar refractivity (Wildman–Crippen MR) is 113 cm³/mol. The number of hydrogen-bond acceptors (Lipinski definition) is 5. The van der Waals surface area contributed by atoms with Crippen LogP contribution in [-0.4, -0.2) is 22.8 Å². The maximum absolute atomic E-state index is 13.7. The number of ether oxygens (including phenoxy) is 1. The van der Waals surface area contributed by atoms with Crippen molar-refractivity contribution in [2.24, 2.45) is 0 Å². The van der Waals surface area contributed by atoms with Crippen molar-refractivity contribution in [2.45, 2.75) is 13.2 Å². The Balaban J connectivity index is 1.39. The summed E-state index contributed by atoms with van der Waals surface area (Å²) in [4.78, 5) is 18.6. The van der Waals surface area contributed by atoms with Crippen molar-refractivity contribution in [3.63, 3.8) is 0 Å².